The van der Waals surface area contributed by atoms with Crippen LogP contribution in [0.2, 0.25) is 0 Å². The number of nitrogens with zero attached hydrogens (tertiary/aromatic N) is 5. The second kappa shape index (κ2) is 9.74. The van der Waals surface area contributed by atoms with Gasteiger partial charge in [-0.25, -0.2) is 15.0 Å². The Morgan fingerprint density at radius 3 is 3.00 bits per heavy atom. The van der Waals surface area contributed by atoms with Gasteiger partial charge in [-0.05, 0) is 31.7 Å². The fourth-order valence-electron chi connectivity index (χ4n) is 3.14. The van der Waals surface area contributed by atoms with Crippen molar-refractivity contribution in [3.05, 3.63) is 42.6 Å². The molecule has 0 bridgehead atoms. The summed E-state index contributed by atoms with van der Waals surface area (Å²) in [5.41, 5.74) is 1.09. The summed E-state index contributed by atoms with van der Waals surface area (Å²) in [4.78, 5) is 15.9. The number of guanidine groups is 1. The Kier molecular flexibility index (Phi) is 7.67. The van der Waals surface area contributed by atoms with E-state index in [1.54, 1.807) is 18.7 Å². The van der Waals surface area contributed by atoms with Gasteiger partial charge < -0.3 is 10.2 Å². The van der Waals surface area contributed by atoms with Crippen LogP contribution in [-0.4, -0.2) is 45.0 Å². The van der Waals surface area contributed by atoms with Gasteiger partial charge in [0.15, 0.2) is 5.96 Å². The Bertz CT molecular complexity index is 670. The van der Waals surface area contributed by atoms with Crippen LogP contribution in [0.1, 0.15) is 32.3 Å². The Morgan fingerprint density at radius 2 is 2.28 bits per heavy atom. The summed E-state index contributed by atoms with van der Waals surface area (Å²) in [6, 6.07) is 4.04. The first kappa shape index (κ1) is 19.7. The van der Waals surface area contributed by atoms with Gasteiger partial charge in [0.1, 0.15) is 12.1 Å². The van der Waals surface area contributed by atoms with Gasteiger partial charge in [-0.15, -0.1) is 24.0 Å². The third-order valence-corrected chi connectivity index (χ3v) is 4.31. The highest BCUT2D eigenvalue weighted by Gasteiger charge is 2.19. The van der Waals surface area contributed by atoms with Gasteiger partial charge in [-0.1, -0.05) is 13.0 Å². The number of piperidine rings is 1. The minimum Gasteiger partial charge on any atom is -0.357 e. The Balaban J connectivity index is 0.00000225. The zero-order valence-corrected chi connectivity index (χ0v) is 17.3. The molecule has 0 saturated carbocycles. The van der Waals surface area contributed by atoms with E-state index in [1.807, 2.05) is 16.8 Å². The molecule has 7 heteroatoms. The van der Waals surface area contributed by atoms with Crippen LogP contribution in [0.5, 0.6) is 0 Å². The van der Waals surface area contributed by atoms with E-state index >= 15 is 0 Å². The number of hydrogen-bond donors (Lipinski definition) is 1. The molecule has 25 heavy (non-hydrogen) atoms. The highest BCUT2D eigenvalue weighted by molar-refractivity contribution is 14.0. The summed E-state index contributed by atoms with van der Waals surface area (Å²) in [7, 11) is 0. The zero-order valence-electron chi connectivity index (χ0n) is 14.9. The first-order chi connectivity index (χ1) is 11.8. The van der Waals surface area contributed by atoms with Crippen LogP contribution in [0.15, 0.2) is 42.0 Å². The molecule has 1 aliphatic rings. The Hall–Kier alpha value is -1.64. The lowest BCUT2D eigenvalue weighted by molar-refractivity contribution is 0.266. The van der Waals surface area contributed by atoms with Crippen LogP contribution >= 0.6 is 24.0 Å². The van der Waals surface area contributed by atoms with Crippen LogP contribution in [-0.2, 0) is 6.54 Å². The van der Waals surface area contributed by atoms with Gasteiger partial charge in [-0.2, -0.15) is 0 Å². The largest absolute Gasteiger partial charge is 0.357 e. The molecule has 0 spiro atoms. The number of imidazole rings is 1. The van der Waals surface area contributed by atoms with Crippen molar-refractivity contribution >= 4 is 29.9 Å². The minimum atomic E-state index is 0. The number of hydrogen-bond acceptors (Lipinski definition) is 3. The Morgan fingerprint density at radius 1 is 1.40 bits per heavy atom. The van der Waals surface area contributed by atoms with Crippen molar-refractivity contribution in [2.45, 2.75) is 33.2 Å². The zero-order chi connectivity index (χ0) is 16.8. The van der Waals surface area contributed by atoms with Crippen molar-refractivity contribution in [3.8, 4) is 5.82 Å². The molecule has 1 aliphatic heterocycles. The molecule has 0 amide bonds. The van der Waals surface area contributed by atoms with Gasteiger partial charge in [0.2, 0.25) is 0 Å². The van der Waals surface area contributed by atoms with Gasteiger partial charge in [0, 0.05) is 43.8 Å². The molecule has 1 saturated heterocycles. The van der Waals surface area contributed by atoms with Gasteiger partial charge >= 0.3 is 0 Å². The summed E-state index contributed by atoms with van der Waals surface area (Å²) in [5.74, 6) is 2.62. The van der Waals surface area contributed by atoms with E-state index in [0.29, 0.717) is 6.54 Å². The fraction of sp³-hybridized carbons (Fsp3) is 0.500. The van der Waals surface area contributed by atoms with E-state index in [0.717, 1.165) is 42.9 Å². The number of aromatic nitrogens is 3. The normalized spacial score (nSPS) is 17.9. The van der Waals surface area contributed by atoms with Crippen molar-refractivity contribution in [1.29, 1.82) is 0 Å². The van der Waals surface area contributed by atoms with Crippen molar-refractivity contribution < 1.29 is 0 Å². The maximum absolute atomic E-state index is 4.87. The molecule has 0 radical (unpaired) electrons. The molecule has 1 N–H and O–H groups in total. The van der Waals surface area contributed by atoms with E-state index in [2.05, 4.69) is 40.1 Å². The van der Waals surface area contributed by atoms with Gasteiger partial charge in [0.05, 0.1) is 6.54 Å². The molecule has 6 nitrogen and oxygen atoms in total. The first-order valence-corrected chi connectivity index (χ1v) is 8.73. The van der Waals surface area contributed by atoms with E-state index in [-0.39, 0.29) is 24.0 Å². The van der Waals surface area contributed by atoms with Gasteiger partial charge in [-0.3, -0.25) is 4.57 Å². The molecule has 3 heterocycles. The fourth-order valence-corrected chi connectivity index (χ4v) is 3.14. The highest BCUT2D eigenvalue weighted by Crippen LogP contribution is 2.16. The van der Waals surface area contributed by atoms with Crippen LogP contribution in [0.4, 0.5) is 0 Å². The molecule has 0 aromatic carbocycles. The quantitative estimate of drug-likeness (QED) is 0.439. The maximum atomic E-state index is 4.87. The summed E-state index contributed by atoms with van der Waals surface area (Å²) in [6.07, 6.45) is 9.79. The van der Waals surface area contributed by atoms with E-state index in [4.69, 9.17) is 4.99 Å². The number of rotatable bonds is 4. The third kappa shape index (κ3) is 5.17. The molecule has 2 aromatic heterocycles. The Labute approximate surface area is 166 Å². The number of likely N-dealkylation sites (tertiary alicyclic amines) is 1. The maximum Gasteiger partial charge on any atom is 0.194 e. The van der Waals surface area contributed by atoms with Crippen molar-refractivity contribution in [3.63, 3.8) is 0 Å². The average Bonchev–Trinajstić information content (AvgIpc) is 3.13. The van der Waals surface area contributed by atoms with E-state index in [9.17, 15) is 0 Å². The number of pyridine rings is 1. The number of halogens is 1. The van der Waals surface area contributed by atoms with E-state index in [1.165, 1.54) is 12.8 Å². The molecule has 2 aromatic rings. The molecule has 1 unspecified atom stereocenters. The summed E-state index contributed by atoms with van der Waals surface area (Å²) in [6.45, 7) is 8.07. The average molecular weight is 454 g/mol. The first-order valence-electron chi connectivity index (χ1n) is 8.73. The minimum absolute atomic E-state index is 0. The molecular weight excluding hydrogens is 427 g/mol. The molecule has 136 valence electrons. The molecule has 1 fully saturated rings. The molecule has 3 rings (SSSR count). The van der Waals surface area contributed by atoms with Crippen molar-refractivity contribution in [2.75, 3.05) is 19.6 Å². The van der Waals surface area contributed by atoms with E-state index < -0.39 is 0 Å². The predicted octanol–water partition coefficient (Wildman–Crippen LogP) is 3.08. The molecule has 1 atom stereocenters. The second-order valence-electron chi connectivity index (χ2n) is 6.32. The monoisotopic (exact) mass is 454 g/mol. The molecular formula is C18H27IN6. The van der Waals surface area contributed by atoms with Crippen LogP contribution in [0.3, 0.4) is 0 Å². The standard InChI is InChI=1S/C18H26N6.HI/c1-3-20-18(23-10-5-6-15(2)13-23)22-12-16-7-4-8-21-17(16)24-11-9-19-14-24;/h4,7-9,11,14-15H,3,5-6,10,12-13H2,1-2H3,(H,20,22);1H. The lowest BCUT2D eigenvalue weighted by Gasteiger charge is -2.33. The van der Waals surface area contributed by atoms with Crippen LogP contribution in [0.25, 0.3) is 5.82 Å². The molecule has 0 aliphatic carbocycles. The SMILES string of the molecule is CCNC(=NCc1cccnc1-n1ccnc1)N1CCCC(C)C1.I. The highest BCUT2D eigenvalue weighted by atomic mass is 127. The summed E-state index contributed by atoms with van der Waals surface area (Å²) < 4.78 is 1.93. The smallest absolute Gasteiger partial charge is 0.194 e. The van der Waals surface area contributed by atoms with Gasteiger partial charge in [0.25, 0.3) is 0 Å². The second-order valence-corrected chi connectivity index (χ2v) is 6.32. The number of nitrogens with one attached hydrogen (secondary N) is 1. The van der Waals surface area contributed by atoms with Crippen LogP contribution < -0.4 is 5.32 Å². The lowest BCUT2D eigenvalue weighted by atomic mass is 10.0. The lowest BCUT2D eigenvalue weighted by Crippen LogP contribution is -2.46. The predicted molar refractivity (Wildman–Crippen MR) is 112 cm³/mol. The van der Waals surface area contributed by atoms with Crippen LogP contribution in [0, 0.1) is 5.92 Å². The topological polar surface area (TPSA) is 58.3 Å². The van der Waals surface area contributed by atoms with Crippen molar-refractivity contribution in [1.82, 2.24) is 24.8 Å². The number of aliphatic imine (C=N–C) groups is 1. The summed E-state index contributed by atoms with van der Waals surface area (Å²) in [5, 5.41) is 3.43. The summed E-state index contributed by atoms with van der Waals surface area (Å²) >= 11 is 0. The third-order valence-electron chi connectivity index (χ3n) is 4.31. The van der Waals surface area contributed by atoms with Crippen molar-refractivity contribution in [2.24, 2.45) is 10.9 Å².